The van der Waals surface area contributed by atoms with Crippen LogP contribution in [0, 0.1) is 0 Å². The summed E-state index contributed by atoms with van der Waals surface area (Å²) in [4.78, 5) is 20.7. The number of hydrogen-bond acceptors (Lipinski definition) is 6. The average Bonchev–Trinajstić information content (AvgIpc) is 3.08. The van der Waals surface area contributed by atoms with Gasteiger partial charge in [0.15, 0.2) is 0 Å². The molecule has 2 atom stereocenters. The Kier molecular flexibility index (Phi) is 57.9. The molecule has 0 aliphatic heterocycles. The van der Waals surface area contributed by atoms with Gasteiger partial charge in [-0.1, -0.05) is 194 Å². The van der Waals surface area contributed by atoms with Gasteiger partial charge in [0, 0.05) is 12.8 Å². The van der Waals surface area contributed by atoms with Gasteiger partial charge in [-0.25, -0.2) is 0 Å². The third kappa shape index (κ3) is 72.5. The second kappa shape index (κ2) is 52.1. The number of carbonyl (C=O) groups is 2. The van der Waals surface area contributed by atoms with Crippen molar-refractivity contribution in [2.75, 3.05) is 13.2 Å². The van der Waals surface area contributed by atoms with E-state index in [1.165, 1.54) is 181 Å². The lowest BCUT2D eigenvalue weighted by Gasteiger charge is -2.03. The molecule has 0 aromatic rings. The van der Waals surface area contributed by atoms with Gasteiger partial charge in [-0.2, -0.15) is 0 Å². The third-order valence-corrected chi connectivity index (χ3v) is 8.52. The van der Waals surface area contributed by atoms with E-state index in [0.717, 1.165) is 25.7 Å². The van der Waals surface area contributed by atoms with Crippen molar-refractivity contribution >= 4 is 11.9 Å². The van der Waals surface area contributed by atoms with Crippen LogP contribution in [-0.4, -0.2) is 68.0 Å². The van der Waals surface area contributed by atoms with Crippen molar-refractivity contribution < 1.29 is 40.2 Å². The van der Waals surface area contributed by atoms with E-state index in [1.807, 2.05) is 0 Å². The SMILES string of the molecule is CC(O)CO.CC(O)CO.CCCCCCCCCCCCCCCCCC(=O)O.CCCCCCCCCCCCCCCCCC(=O)O. The highest BCUT2D eigenvalue weighted by molar-refractivity contribution is 5.66. The van der Waals surface area contributed by atoms with Crippen molar-refractivity contribution in [2.24, 2.45) is 0 Å². The minimum atomic E-state index is -0.653. The molecule has 0 aromatic carbocycles. The molecule has 8 heteroatoms. The second-order valence-electron chi connectivity index (χ2n) is 14.3. The van der Waals surface area contributed by atoms with Crippen molar-refractivity contribution in [1.82, 2.24) is 0 Å². The van der Waals surface area contributed by atoms with E-state index in [0.29, 0.717) is 12.8 Å². The molecular weight excluding hydrogens is 632 g/mol. The smallest absolute Gasteiger partial charge is 0.303 e. The first-order chi connectivity index (χ1) is 24.1. The fourth-order valence-corrected chi connectivity index (χ4v) is 5.30. The Morgan fingerprint density at radius 1 is 0.360 bits per heavy atom. The molecule has 2 unspecified atom stereocenters. The minimum Gasteiger partial charge on any atom is -0.481 e. The van der Waals surface area contributed by atoms with Crippen LogP contribution in [0.15, 0.2) is 0 Å². The first kappa shape index (κ1) is 55.5. The molecule has 0 aliphatic carbocycles. The highest BCUT2D eigenvalue weighted by Gasteiger charge is 1.98. The lowest BCUT2D eigenvalue weighted by Crippen LogP contribution is -2.03. The van der Waals surface area contributed by atoms with Crippen molar-refractivity contribution in [1.29, 1.82) is 0 Å². The summed E-state index contributed by atoms with van der Waals surface area (Å²) in [5.74, 6) is -1.31. The fourth-order valence-electron chi connectivity index (χ4n) is 5.30. The van der Waals surface area contributed by atoms with Crippen LogP contribution in [0.2, 0.25) is 0 Å². The maximum absolute atomic E-state index is 10.3. The maximum Gasteiger partial charge on any atom is 0.303 e. The minimum absolute atomic E-state index is 0.139. The molecule has 6 N–H and O–H groups in total. The van der Waals surface area contributed by atoms with Gasteiger partial charge >= 0.3 is 11.9 Å². The Balaban J connectivity index is -0.000000332. The standard InChI is InChI=1S/2C18H36O2.2C3H8O2/c2*1-2-3-4-5-6-7-8-9-10-11-12-13-14-15-16-17-18(19)20;2*1-3(5)2-4/h2*2-17H2,1H3,(H,19,20);2*3-5H,2H2,1H3. The lowest BCUT2D eigenvalue weighted by molar-refractivity contribution is -0.138. The van der Waals surface area contributed by atoms with E-state index < -0.39 is 24.1 Å². The van der Waals surface area contributed by atoms with E-state index >= 15 is 0 Å². The van der Waals surface area contributed by atoms with Crippen LogP contribution in [0.1, 0.15) is 233 Å². The summed E-state index contributed by atoms with van der Waals surface area (Å²) in [5, 5.41) is 49.0. The predicted molar refractivity (Wildman–Crippen MR) is 212 cm³/mol. The summed E-state index contributed by atoms with van der Waals surface area (Å²) in [6.07, 6.45) is 39.3. The Morgan fingerprint density at radius 3 is 0.620 bits per heavy atom. The van der Waals surface area contributed by atoms with Crippen LogP contribution >= 0.6 is 0 Å². The molecule has 0 saturated heterocycles. The van der Waals surface area contributed by atoms with Crippen LogP contribution in [0.4, 0.5) is 0 Å². The molecular formula is C42H88O8. The molecule has 0 aromatic heterocycles. The van der Waals surface area contributed by atoms with Crippen LogP contribution in [0.3, 0.4) is 0 Å². The topological polar surface area (TPSA) is 156 Å². The van der Waals surface area contributed by atoms with Crippen molar-refractivity contribution in [2.45, 2.75) is 245 Å². The van der Waals surface area contributed by atoms with Gasteiger partial charge in [0.2, 0.25) is 0 Å². The molecule has 0 rings (SSSR count). The van der Waals surface area contributed by atoms with Crippen LogP contribution < -0.4 is 0 Å². The molecule has 0 bridgehead atoms. The number of hydrogen-bond donors (Lipinski definition) is 6. The molecule has 0 fully saturated rings. The average molecular weight is 721 g/mol. The van der Waals surface area contributed by atoms with E-state index in [-0.39, 0.29) is 13.2 Å². The van der Waals surface area contributed by atoms with Crippen molar-refractivity contribution in [3.8, 4) is 0 Å². The number of unbranched alkanes of at least 4 members (excludes halogenated alkanes) is 28. The number of aliphatic carboxylic acids is 2. The van der Waals surface area contributed by atoms with Gasteiger partial charge in [-0.05, 0) is 26.7 Å². The highest BCUT2D eigenvalue weighted by Crippen LogP contribution is 2.15. The number of aliphatic hydroxyl groups excluding tert-OH is 4. The van der Waals surface area contributed by atoms with Gasteiger partial charge in [-0.15, -0.1) is 0 Å². The normalized spacial score (nSPS) is 11.7. The van der Waals surface area contributed by atoms with E-state index in [1.54, 1.807) is 0 Å². The Bertz CT molecular complexity index is 561. The van der Waals surface area contributed by atoms with Gasteiger partial charge < -0.3 is 30.6 Å². The fraction of sp³-hybridized carbons (Fsp3) is 0.952. The molecule has 0 heterocycles. The zero-order valence-corrected chi connectivity index (χ0v) is 33.7. The van der Waals surface area contributed by atoms with E-state index in [2.05, 4.69) is 13.8 Å². The lowest BCUT2D eigenvalue weighted by atomic mass is 10.0. The molecule has 0 spiro atoms. The van der Waals surface area contributed by atoms with Gasteiger partial charge in [0.05, 0.1) is 25.4 Å². The zero-order valence-electron chi connectivity index (χ0n) is 33.7. The summed E-state index contributed by atoms with van der Waals surface area (Å²) in [6, 6.07) is 0. The maximum atomic E-state index is 10.3. The molecule has 304 valence electrons. The summed E-state index contributed by atoms with van der Waals surface area (Å²) >= 11 is 0. The summed E-state index contributed by atoms with van der Waals surface area (Å²) in [7, 11) is 0. The number of aliphatic hydroxyl groups is 4. The third-order valence-electron chi connectivity index (χ3n) is 8.52. The second-order valence-corrected chi connectivity index (χ2v) is 14.3. The molecule has 0 amide bonds. The van der Waals surface area contributed by atoms with E-state index in [9.17, 15) is 9.59 Å². The zero-order chi connectivity index (χ0) is 38.4. The molecule has 50 heavy (non-hydrogen) atoms. The summed E-state index contributed by atoms with van der Waals surface area (Å²) in [6.45, 7) is 7.32. The highest BCUT2D eigenvalue weighted by atomic mass is 16.4. The first-order valence-corrected chi connectivity index (χ1v) is 21.1. The van der Waals surface area contributed by atoms with Crippen LogP contribution in [0.25, 0.3) is 0 Å². The summed E-state index contributed by atoms with van der Waals surface area (Å²) < 4.78 is 0. The molecule has 8 nitrogen and oxygen atoms in total. The quantitative estimate of drug-likeness (QED) is 0.0359. The predicted octanol–water partition coefficient (Wildman–Crippen LogP) is 11.4. The molecule has 0 radical (unpaired) electrons. The van der Waals surface area contributed by atoms with Gasteiger partial charge in [-0.3, -0.25) is 9.59 Å². The van der Waals surface area contributed by atoms with Crippen LogP contribution in [0.5, 0.6) is 0 Å². The van der Waals surface area contributed by atoms with Crippen molar-refractivity contribution in [3.63, 3.8) is 0 Å². The van der Waals surface area contributed by atoms with Crippen molar-refractivity contribution in [3.05, 3.63) is 0 Å². The Hall–Kier alpha value is -1.22. The largest absolute Gasteiger partial charge is 0.481 e. The monoisotopic (exact) mass is 721 g/mol. The number of rotatable bonds is 34. The molecule has 0 saturated carbocycles. The van der Waals surface area contributed by atoms with Gasteiger partial charge in [0.25, 0.3) is 0 Å². The van der Waals surface area contributed by atoms with Crippen LogP contribution in [-0.2, 0) is 9.59 Å². The Morgan fingerprint density at radius 2 is 0.500 bits per heavy atom. The first-order valence-electron chi connectivity index (χ1n) is 21.1. The number of carboxylic acid groups (broad SMARTS) is 2. The molecule has 0 aliphatic rings. The Labute approximate surface area is 310 Å². The summed E-state index contributed by atoms with van der Waals surface area (Å²) in [5.41, 5.74) is 0. The van der Waals surface area contributed by atoms with Gasteiger partial charge in [0.1, 0.15) is 0 Å². The van der Waals surface area contributed by atoms with E-state index in [4.69, 9.17) is 30.6 Å². The number of carboxylic acids is 2.